The highest BCUT2D eigenvalue weighted by molar-refractivity contribution is 5.67. The standard InChI is InChI=1S/C23H19F7N2O2/c24-21(25)23(29,30)34-18-9-2-1-7-17(13-18)32(14-20(33)22(26,27)28)16-8-5-6-15(12-16)19-10-3-4-11-31-19/h2-13,20-21,33H,1,14H2. The van der Waals surface area contributed by atoms with E-state index < -0.39 is 37.1 Å². The third kappa shape index (κ3) is 6.37. The molecule has 34 heavy (non-hydrogen) atoms. The number of aliphatic hydroxyl groups excluding tert-OH is 1. The second kappa shape index (κ2) is 10.3. The van der Waals surface area contributed by atoms with Crippen molar-refractivity contribution in [2.45, 2.75) is 31.2 Å². The van der Waals surface area contributed by atoms with Crippen molar-refractivity contribution < 1.29 is 40.6 Å². The number of hydrogen-bond acceptors (Lipinski definition) is 4. The largest absolute Gasteiger partial charge is 0.461 e. The van der Waals surface area contributed by atoms with Crippen molar-refractivity contribution in [3.63, 3.8) is 0 Å². The number of hydrogen-bond donors (Lipinski definition) is 1. The van der Waals surface area contributed by atoms with E-state index in [1.807, 2.05) is 0 Å². The van der Waals surface area contributed by atoms with Gasteiger partial charge in [0.25, 0.3) is 0 Å². The monoisotopic (exact) mass is 488 g/mol. The Balaban J connectivity index is 2.03. The Kier molecular flexibility index (Phi) is 7.65. The molecule has 0 bridgehead atoms. The van der Waals surface area contributed by atoms with Gasteiger partial charge in [-0.15, -0.1) is 0 Å². The van der Waals surface area contributed by atoms with Gasteiger partial charge in [0.1, 0.15) is 5.76 Å². The van der Waals surface area contributed by atoms with Crippen molar-refractivity contribution in [3.8, 4) is 11.3 Å². The molecule has 1 aliphatic rings. The molecule has 1 aromatic carbocycles. The van der Waals surface area contributed by atoms with Gasteiger partial charge in [-0.05, 0) is 36.8 Å². The second-order valence-electron chi connectivity index (χ2n) is 7.21. The SMILES string of the molecule is OC(CN(C1=CCC=CC(OC(F)(F)C(F)F)=C1)c1cccc(-c2ccccn2)c1)C(F)(F)F. The molecule has 1 aliphatic carbocycles. The summed E-state index contributed by atoms with van der Waals surface area (Å²) < 4.78 is 95.7. The number of rotatable bonds is 8. The molecule has 0 radical (unpaired) electrons. The van der Waals surface area contributed by atoms with Crippen molar-refractivity contribution >= 4 is 5.69 Å². The normalized spacial score (nSPS) is 15.4. The van der Waals surface area contributed by atoms with Crippen LogP contribution in [0.25, 0.3) is 11.3 Å². The Morgan fingerprint density at radius 1 is 1.06 bits per heavy atom. The van der Waals surface area contributed by atoms with Crippen molar-refractivity contribution in [3.05, 3.63) is 84.4 Å². The van der Waals surface area contributed by atoms with Crippen LogP contribution in [0.3, 0.4) is 0 Å². The van der Waals surface area contributed by atoms with Gasteiger partial charge in [0.15, 0.2) is 6.10 Å². The Labute approximate surface area is 190 Å². The van der Waals surface area contributed by atoms with Crippen LogP contribution >= 0.6 is 0 Å². The summed E-state index contributed by atoms with van der Waals surface area (Å²) in [5.41, 5.74) is 1.18. The molecule has 0 amide bonds. The molecule has 1 aromatic heterocycles. The van der Waals surface area contributed by atoms with Crippen LogP contribution in [0.2, 0.25) is 0 Å². The molecule has 182 valence electrons. The fourth-order valence-corrected chi connectivity index (χ4v) is 3.08. The average Bonchev–Trinajstić information content (AvgIpc) is 3.02. The van der Waals surface area contributed by atoms with Gasteiger partial charge in [0, 0.05) is 29.2 Å². The number of ether oxygens (including phenoxy) is 1. The molecule has 3 rings (SSSR count). The Morgan fingerprint density at radius 3 is 2.47 bits per heavy atom. The first kappa shape index (κ1) is 25.3. The predicted molar refractivity (Wildman–Crippen MR) is 111 cm³/mol. The lowest BCUT2D eigenvalue weighted by Gasteiger charge is -2.30. The van der Waals surface area contributed by atoms with Gasteiger partial charge < -0.3 is 14.7 Å². The first-order valence-electron chi connectivity index (χ1n) is 9.94. The summed E-state index contributed by atoms with van der Waals surface area (Å²) in [7, 11) is 0. The second-order valence-corrected chi connectivity index (χ2v) is 7.21. The lowest BCUT2D eigenvalue weighted by atomic mass is 10.1. The zero-order valence-corrected chi connectivity index (χ0v) is 17.4. The van der Waals surface area contributed by atoms with E-state index >= 15 is 0 Å². The number of benzene rings is 1. The summed E-state index contributed by atoms with van der Waals surface area (Å²) in [4.78, 5) is 5.23. The maximum Gasteiger partial charge on any atom is 0.461 e. The van der Waals surface area contributed by atoms with Gasteiger partial charge in [-0.3, -0.25) is 4.98 Å². The van der Waals surface area contributed by atoms with Gasteiger partial charge in [-0.25, -0.2) is 0 Å². The molecule has 1 atom stereocenters. The van der Waals surface area contributed by atoms with E-state index in [1.165, 1.54) is 30.5 Å². The number of nitrogens with zero attached hydrogens (tertiary/aromatic N) is 2. The summed E-state index contributed by atoms with van der Waals surface area (Å²) in [6.45, 7) is -0.990. The number of halogens is 7. The average molecular weight is 488 g/mol. The fourth-order valence-electron chi connectivity index (χ4n) is 3.08. The summed E-state index contributed by atoms with van der Waals surface area (Å²) in [5.74, 6) is -0.679. The molecule has 0 saturated heterocycles. The summed E-state index contributed by atoms with van der Waals surface area (Å²) in [6, 6.07) is 11.3. The van der Waals surface area contributed by atoms with Gasteiger partial charge in [0.2, 0.25) is 0 Å². The topological polar surface area (TPSA) is 45.6 Å². The van der Waals surface area contributed by atoms with E-state index in [2.05, 4.69) is 9.72 Å². The van der Waals surface area contributed by atoms with Gasteiger partial charge in [-0.2, -0.15) is 30.7 Å². The first-order chi connectivity index (χ1) is 16.0. The minimum absolute atomic E-state index is 0.0634. The van der Waals surface area contributed by atoms with Gasteiger partial charge >= 0.3 is 18.7 Å². The van der Waals surface area contributed by atoms with Crippen LogP contribution in [-0.4, -0.2) is 41.4 Å². The molecule has 11 heteroatoms. The molecule has 0 aliphatic heterocycles. The van der Waals surface area contributed by atoms with E-state index in [0.717, 1.165) is 17.1 Å². The molecular formula is C23H19F7N2O2. The lowest BCUT2D eigenvalue weighted by molar-refractivity contribution is -0.279. The molecular weight excluding hydrogens is 469 g/mol. The highest BCUT2D eigenvalue weighted by atomic mass is 19.4. The van der Waals surface area contributed by atoms with E-state index in [0.29, 0.717) is 11.3 Å². The van der Waals surface area contributed by atoms with Crippen LogP contribution in [0.15, 0.2) is 84.4 Å². The zero-order chi connectivity index (χ0) is 24.9. The third-order valence-electron chi connectivity index (χ3n) is 4.71. The molecule has 0 fully saturated rings. The molecule has 1 heterocycles. The maximum atomic E-state index is 13.4. The molecule has 1 N–H and O–H groups in total. The Hall–Kier alpha value is -3.34. The molecule has 0 spiro atoms. The molecule has 0 saturated carbocycles. The summed E-state index contributed by atoms with van der Waals surface area (Å²) in [5, 5.41) is 9.74. The highest BCUT2D eigenvalue weighted by Gasteiger charge is 2.44. The number of aliphatic hydroxyl groups is 1. The Bertz CT molecular complexity index is 1070. The predicted octanol–water partition coefficient (Wildman–Crippen LogP) is 6.08. The Morgan fingerprint density at radius 2 is 1.82 bits per heavy atom. The van der Waals surface area contributed by atoms with Crippen LogP contribution < -0.4 is 4.90 Å². The zero-order valence-electron chi connectivity index (χ0n) is 17.4. The number of pyridine rings is 1. The maximum absolute atomic E-state index is 13.4. The van der Waals surface area contributed by atoms with Crippen LogP contribution in [0, 0.1) is 0 Å². The molecule has 1 unspecified atom stereocenters. The van der Waals surface area contributed by atoms with Crippen molar-refractivity contribution in [2.75, 3.05) is 11.4 Å². The molecule has 4 nitrogen and oxygen atoms in total. The third-order valence-corrected chi connectivity index (χ3v) is 4.71. The first-order valence-corrected chi connectivity index (χ1v) is 9.94. The number of alkyl halides is 7. The van der Waals surface area contributed by atoms with Crippen LogP contribution in [0.4, 0.5) is 36.4 Å². The number of anilines is 1. The fraction of sp³-hybridized carbons (Fsp3) is 0.261. The lowest BCUT2D eigenvalue weighted by Crippen LogP contribution is -2.40. The van der Waals surface area contributed by atoms with Crippen LogP contribution in [0.1, 0.15) is 6.42 Å². The summed E-state index contributed by atoms with van der Waals surface area (Å²) in [6.07, 6.45) is -10.4. The van der Waals surface area contributed by atoms with E-state index in [1.54, 1.807) is 30.3 Å². The van der Waals surface area contributed by atoms with Gasteiger partial charge in [-0.1, -0.05) is 30.4 Å². The minimum Gasteiger partial charge on any atom is -0.428 e. The van der Waals surface area contributed by atoms with Gasteiger partial charge in [0.05, 0.1) is 12.2 Å². The summed E-state index contributed by atoms with van der Waals surface area (Å²) >= 11 is 0. The molecule has 2 aromatic rings. The highest BCUT2D eigenvalue weighted by Crippen LogP contribution is 2.33. The van der Waals surface area contributed by atoms with Crippen molar-refractivity contribution in [2.24, 2.45) is 0 Å². The smallest absolute Gasteiger partial charge is 0.428 e. The van der Waals surface area contributed by atoms with Crippen LogP contribution in [-0.2, 0) is 4.74 Å². The van der Waals surface area contributed by atoms with E-state index in [-0.39, 0.29) is 17.8 Å². The number of aromatic nitrogens is 1. The van der Waals surface area contributed by atoms with E-state index in [9.17, 15) is 35.8 Å². The van der Waals surface area contributed by atoms with E-state index in [4.69, 9.17) is 0 Å². The van der Waals surface area contributed by atoms with Crippen LogP contribution in [0.5, 0.6) is 0 Å². The quantitative estimate of drug-likeness (QED) is 0.458. The minimum atomic E-state index is -4.97. The van der Waals surface area contributed by atoms with Crippen molar-refractivity contribution in [1.82, 2.24) is 4.98 Å². The number of allylic oxidation sites excluding steroid dienone is 4. The van der Waals surface area contributed by atoms with Crippen molar-refractivity contribution in [1.29, 1.82) is 0 Å².